The minimum atomic E-state index is 0.0226. The molecule has 214 valence electrons. The molecule has 2 fully saturated rings. The van der Waals surface area contributed by atoms with Crippen LogP contribution in [0, 0.1) is 16.2 Å². The second-order valence-corrected chi connectivity index (χ2v) is 18.1. The molecule has 1 unspecified atom stereocenters. The molecule has 3 rings (SSSR count). The number of anilines is 1. The van der Waals surface area contributed by atoms with Gasteiger partial charge in [-0.15, -0.1) is 0 Å². The van der Waals surface area contributed by atoms with E-state index in [0.717, 1.165) is 7.28 Å². The Kier molecular flexibility index (Phi) is 8.90. The molecule has 2 aliphatic rings. The molecule has 0 amide bonds. The number of benzene rings is 1. The molecule has 1 nitrogen and oxygen atoms in total. The maximum absolute atomic E-state index is 2.72. The van der Waals surface area contributed by atoms with Gasteiger partial charge in [-0.05, 0) is 84.7 Å². The summed E-state index contributed by atoms with van der Waals surface area (Å²) in [5.41, 5.74) is 7.22. The summed E-state index contributed by atoms with van der Waals surface area (Å²) < 4.78 is 0. The quantitative estimate of drug-likeness (QED) is 0.485. The molecule has 0 aromatic heterocycles. The van der Waals surface area contributed by atoms with E-state index >= 15 is 0 Å². The van der Waals surface area contributed by atoms with Crippen molar-refractivity contribution in [1.29, 1.82) is 0 Å². The van der Waals surface area contributed by atoms with E-state index in [9.17, 15) is 0 Å². The molecule has 1 aromatic carbocycles. The summed E-state index contributed by atoms with van der Waals surface area (Å²) in [6.07, 6.45) is 12.9. The number of nitrogens with zero attached hydrogens (tertiary/aromatic N) is 1. The summed E-state index contributed by atoms with van der Waals surface area (Å²) in [4.78, 5) is 2.62. The molecule has 1 atom stereocenters. The highest BCUT2D eigenvalue weighted by atomic mass is 15.2. The maximum atomic E-state index is 2.72. The summed E-state index contributed by atoms with van der Waals surface area (Å²) in [5, 5.41) is 0.344. The van der Waals surface area contributed by atoms with Crippen LogP contribution in [0.1, 0.15) is 137 Å². The zero-order valence-electron chi connectivity index (χ0n) is 29.2. The van der Waals surface area contributed by atoms with E-state index in [1.165, 1.54) is 63.5 Å². The predicted molar refractivity (Wildman–Crippen MR) is 190 cm³/mol. The zero-order chi connectivity index (χ0) is 29.9. The van der Waals surface area contributed by atoms with Gasteiger partial charge in [0.15, 0.2) is 0 Å². The smallest absolute Gasteiger partial charge is 0.121 e. The Morgan fingerprint density at radius 1 is 0.718 bits per heavy atom. The van der Waals surface area contributed by atoms with Crippen molar-refractivity contribution >= 4 is 44.4 Å². The summed E-state index contributed by atoms with van der Waals surface area (Å²) in [6, 6.07) is 5.41. The summed E-state index contributed by atoms with van der Waals surface area (Å²) in [7, 11) is 13.7. The third kappa shape index (κ3) is 5.98. The Balaban J connectivity index is 2.35. The lowest BCUT2D eigenvalue weighted by Gasteiger charge is -2.52. The molecule has 1 aromatic rings. The van der Waals surface area contributed by atoms with Gasteiger partial charge < -0.3 is 4.90 Å². The third-order valence-corrected chi connectivity index (χ3v) is 13.0. The minimum absolute atomic E-state index is 0.0226. The van der Waals surface area contributed by atoms with Crippen LogP contribution in [0.2, 0.25) is 6.82 Å². The molecule has 0 aliphatic heterocycles. The van der Waals surface area contributed by atoms with Crippen LogP contribution in [-0.2, 0) is 15.7 Å². The first kappa shape index (κ1) is 32.9. The second kappa shape index (κ2) is 10.6. The van der Waals surface area contributed by atoms with Gasteiger partial charge in [-0.25, -0.2) is 0 Å². The summed E-state index contributed by atoms with van der Waals surface area (Å²) in [5.74, 6) is 0. The fourth-order valence-electron chi connectivity index (χ4n) is 7.53. The SMILES string of the molecule is BC1(c2cc(C(B)(B)C(C)(C)C)c(N(C)C(C)(C)C)c(C(B)(BC)C(C)(C)C)c2)CCC2(CCCCC2)CC1. The fourth-order valence-corrected chi connectivity index (χ4v) is 7.53. The summed E-state index contributed by atoms with van der Waals surface area (Å²) in [6.45, 7) is 24.3. The van der Waals surface area contributed by atoms with Gasteiger partial charge in [-0.2, -0.15) is 0 Å². The van der Waals surface area contributed by atoms with Crippen molar-refractivity contribution in [2.45, 2.75) is 148 Å². The Labute approximate surface area is 249 Å². The minimum Gasteiger partial charge on any atom is -0.369 e. The Bertz CT molecular complexity index is 1010. The summed E-state index contributed by atoms with van der Waals surface area (Å²) >= 11 is 0. The van der Waals surface area contributed by atoms with Crippen LogP contribution in [-0.4, -0.2) is 51.3 Å². The van der Waals surface area contributed by atoms with Gasteiger partial charge in [0.25, 0.3) is 0 Å². The average molecular weight is 527 g/mol. The van der Waals surface area contributed by atoms with Crippen LogP contribution >= 0.6 is 0 Å². The van der Waals surface area contributed by atoms with Gasteiger partial charge in [0.1, 0.15) is 38.7 Å². The largest absolute Gasteiger partial charge is 0.369 e. The van der Waals surface area contributed by atoms with E-state index in [0.29, 0.717) is 5.41 Å². The first-order valence-corrected chi connectivity index (χ1v) is 16.5. The lowest BCUT2D eigenvalue weighted by Crippen LogP contribution is -2.50. The highest BCUT2D eigenvalue weighted by Gasteiger charge is 2.47. The number of hydrogen-bond donors (Lipinski definition) is 0. The molecule has 0 heterocycles. The van der Waals surface area contributed by atoms with E-state index in [4.69, 9.17) is 0 Å². The van der Waals surface area contributed by atoms with Crippen molar-refractivity contribution in [3.63, 3.8) is 0 Å². The van der Waals surface area contributed by atoms with Gasteiger partial charge in [-0.3, -0.25) is 0 Å². The first-order valence-electron chi connectivity index (χ1n) is 16.5. The van der Waals surface area contributed by atoms with Crippen LogP contribution in [0.15, 0.2) is 12.1 Å². The first-order chi connectivity index (χ1) is 17.5. The molecule has 2 aliphatic carbocycles. The van der Waals surface area contributed by atoms with Gasteiger partial charge in [0, 0.05) is 18.3 Å². The van der Waals surface area contributed by atoms with Crippen molar-refractivity contribution in [3.05, 3.63) is 28.8 Å². The molecule has 1 spiro atoms. The van der Waals surface area contributed by atoms with Gasteiger partial charge in [0.05, 0.1) is 0 Å². The Morgan fingerprint density at radius 3 is 1.62 bits per heavy atom. The van der Waals surface area contributed by atoms with Crippen LogP contribution in [0.4, 0.5) is 5.69 Å². The molecule has 0 saturated heterocycles. The standard InChI is InChI=1S/C33H62B5N/c1-27(2,3)32(35,36)24-21-23(31(34)19-17-30(18-20-31)15-13-12-14-16-30)22-25(26(24)39(11)29(7,8)9)33(37,38-10)28(4,5)6/h21-22,38H,12-20,34-37H2,1-11H3. The predicted octanol–water partition coefficient (Wildman–Crippen LogP) is 5.06. The molecule has 6 heteroatoms. The molecule has 39 heavy (non-hydrogen) atoms. The van der Waals surface area contributed by atoms with Crippen LogP contribution in [0.25, 0.3) is 0 Å². The van der Waals surface area contributed by atoms with Crippen molar-refractivity contribution in [1.82, 2.24) is 0 Å². The zero-order valence-corrected chi connectivity index (χ0v) is 29.2. The fraction of sp³-hybridized carbons (Fsp3) is 0.818. The van der Waals surface area contributed by atoms with E-state index in [1.54, 1.807) is 16.7 Å². The third-order valence-electron chi connectivity index (χ3n) is 13.0. The molecule has 0 bridgehead atoms. The lowest BCUT2D eigenvalue weighted by molar-refractivity contribution is 0.105. The van der Waals surface area contributed by atoms with Crippen molar-refractivity contribution < 1.29 is 0 Å². The van der Waals surface area contributed by atoms with Crippen LogP contribution in [0.5, 0.6) is 0 Å². The lowest BCUT2D eigenvalue weighted by atomic mass is 9.32. The van der Waals surface area contributed by atoms with Crippen molar-refractivity contribution in [2.24, 2.45) is 16.2 Å². The van der Waals surface area contributed by atoms with E-state index in [2.05, 4.69) is 125 Å². The van der Waals surface area contributed by atoms with Gasteiger partial charge >= 0.3 is 0 Å². The second-order valence-electron chi connectivity index (χ2n) is 18.1. The van der Waals surface area contributed by atoms with Crippen molar-refractivity contribution in [3.8, 4) is 0 Å². The van der Waals surface area contributed by atoms with Gasteiger partial charge in [-0.1, -0.05) is 103 Å². The van der Waals surface area contributed by atoms with Crippen molar-refractivity contribution in [2.75, 3.05) is 11.9 Å². The number of hydrogen-bond acceptors (Lipinski definition) is 1. The van der Waals surface area contributed by atoms with E-state index in [1.807, 2.05) is 0 Å². The average Bonchev–Trinajstić information content (AvgIpc) is 2.83. The van der Waals surface area contributed by atoms with Gasteiger partial charge in [0.2, 0.25) is 0 Å². The Hall–Kier alpha value is -0.655. The molecule has 0 radical (unpaired) electrons. The molecular formula is C33H62B5N. The van der Waals surface area contributed by atoms with E-state index in [-0.39, 0.29) is 32.1 Å². The normalized spacial score (nSPS) is 21.8. The molecule has 2 saturated carbocycles. The molecular weight excluding hydrogens is 464 g/mol. The maximum Gasteiger partial charge on any atom is 0.121 e. The highest BCUT2D eigenvalue weighted by molar-refractivity contribution is 6.53. The van der Waals surface area contributed by atoms with Crippen LogP contribution < -0.4 is 4.90 Å². The Morgan fingerprint density at radius 2 is 1.21 bits per heavy atom. The number of rotatable bonds is 5. The van der Waals surface area contributed by atoms with E-state index < -0.39 is 0 Å². The topological polar surface area (TPSA) is 3.24 Å². The van der Waals surface area contributed by atoms with Crippen LogP contribution in [0.3, 0.4) is 0 Å². The molecule has 0 N–H and O–H groups in total. The monoisotopic (exact) mass is 528 g/mol. The highest BCUT2D eigenvalue weighted by Crippen LogP contribution is 2.55.